The summed E-state index contributed by atoms with van der Waals surface area (Å²) in [5.41, 5.74) is 2.08. The number of amides is 2. The molecule has 1 heterocycles. The van der Waals surface area contributed by atoms with Crippen molar-refractivity contribution >= 4 is 11.8 Å². The number of benzene rings is 1. The Balaban J connectivity index is 2.24. The van der Waals surface area contributed by atoms with E-state index in [1.165, 1.54) is 5.56 Å². The molecule has 4 nitrogen and oxygen atoms in total. The second-order valence-corrected chi connectivity index (χ2v) is 6.68. The summed E-state index contributed by atoms with van der Waals surface area (Å²) >= 11 is 0. The summed E-state index contributed by atoms with van der Waals surface area (Å²) in [6.07, 6.45) is 1.17. The average molecular weight is 288 g/mol. The van der Waals surface area contributed by atoms with Gasteiger partial charge in [0.05, 0.1) is 12.5 Å². The second kappa shape index (κ2) is 5.88. The summed E-state index contributed by atoms with van der Waals surface area (Å²) in [7, 11) is 0. The summed E-state index contributed by atoms with van der Waals surface area (Å²) in [6, 6.07) is 7.93. The normalized spacial score (nSPS) is 18.1. The van der Waals surface area contributed by atoms with Gasteiger partial charge in [-0.1, -0.05) is 24.3 Å². The van der Waals surface area contributed by atoms with Crippen LogP contribution in [0, 0.1) is 0 Å². The fourth-order valence-electron chi connectivity index (χ4n) is 2.89. The van der Waals surface area contributed by atoms with Crippen molar-refractivity contribution in [1.29, 1.82) is 0 Å². The van der Waals surface area contributed by atoms with Gasteiger partial charge in [-0.05, 0) is 38.3 Å². The minimum atomic E-state index is -0.258. The number of hydrogen-bond donors (Lipinski definition) is 1. The first-order chi connectivity index (χ1) is 9.78. The Morgan fingerprint density at radius 2 is 1.95 bits per heavy atom. The maximum atomic E-state index is 12.3. The quantitative estimate of drug-likeness (QED) is 0.908. The molecule has 0 saturated heterocycles. The highest BCUT2D eigenvalue weighted by Crippen LogP contribution is 2.32. The lowest BCUT2D eigenvalue weighted by Gasteiger charge is -2.37. The van der Waals surface area contributed by atoms with E-state index in [1.807, 2.05) is 43.9 Å². The number of nitrogens with zero attached hydrogens (tertiary/aromatic N) is 1. The van der Waals surface area contributed by atoms with E-state index in [0.717, 1.165) is 12.0 Å². The molecule has 0 aliphatic carbocycles. The van der Waals surface area contributed by atoms with Gasteiger partial charge in [0.1, 0.15) is 0 Å². The third-order valence-corrected chi connectivity index (χ3v) is 3.71. The largest absolute Gasteiger partial charge is 0.351 e. The third kappa shape index (κ3) is 3.84. The number of hydrogen-bond acceptors (Lipinski definition) is 2. The summed E-state index contributed by atoms with van der Waals surface area (Å²) in [4.78, 5) is 25.9. The minimum absolute atomic E-state index is 0.0181. The lowest BCUT2D eigenvalue weighted by Crippen LogP contribution is -2.45. The maximum absolute atomic E-state index is 12.3. The first-order valence-corrected chi connectivity index (χ1v) is 7.44. The van der Waals surface area contributed by atoms with Gasteiger partial charge in [0, 0.05) is 19.0 Å². The van der Waals surface area contributed by atoms with Gasteiger partial charge in [0.25, 0.3) is 0 Å². The topological polar surface area (TPSA) is 49.4 Å². The van der Waals surface area contributed by atoms with Gasteiger partial charge in [-0.25, -0.2) is 0 Å². The zero-order valence-corrected chi connectivity index (χ0v) is 13.3. The van der Waals surface area contributed by atoms with Gasteiger partial charge >= 0.3 is 0 Å². The molecule has 1 aromatic rings. The van der Waals surface area contributed by atoms with Crippen LogP contribution in [0.5, 0.6) is 0 Å². The lowest BCUT2D eigenvalue weighted by molar-refractivity contribution is -0.133. The van der Waals surface area contributed by atoms with Gasteiger partial charge in [0.2, 0.25) is 11.8 Å². The van der Waals surface area contributed by atoms with E-state index in [4.69, 9.17) is 0 Å². The van der Waals surface area contributed by atoms with E-state index in [-0.39, 0.29) is 23.4 Å². The van der Waals surface area contributed by atoms with Crippen molar-refractivity contribution < 1.29 is 9.59 Å². The number of rotatable bonds is 2. The van der Waals surface area contributed by atoms with Crippen molar-refractivity contribution in [3.8, 4) is 0 Å². The summed E-state index contributed by atoms with van der Waals surface area (Å²) in [6.45, 7) is 8.13. The molecule has 0 radical (unpaired) electrons. The molecule has 1 aliphatic heterocycles. The van der Waals surface area contributed by atoms with Crippen LogP contribution in [0.2, 0.25) is 0 Å². The molecule has 1 atom stereocenters. The number of nitrogens with one attached hydrogen (secondary N) is 1. The molecular weight excluding hydrogens is 264 g/mol. The molecule has 1 aromatic carbocycles. The predicted octanol–water partition coefficient (Wildman–Crippen LogP) is 2.44. The highest BCUT2D eigenvalue weighted by molar-refractivity contribution is 5.80. The molecule has 114 valence electrons. The second-order valence-electron chi connectivity index (χ2n) is 6.68. The van der Waals surface area contributed by atoms with Crippen LogP contribution in [-0.4, -0.2) is 28.8 Å². The van der Waals surface area contributed by atoms with Crippen molar-refractivity contribution in [2.75, 3.05) is 6.54 Å². The monoisotopic (exact) mass is 288 g/mol. The molecule has 21 heavy (non-hydrogen) atoms. The van der Waals surface area contributed by atoms with Crippen molar-refractivity contribution in [3.05, 3.63) is 35.4 Å². The van der Waals surface area contributed by atoms with Gasteiger partial charge in [-0.3, -0.25) is 9.59 Å². The molecule has 1 N–H and O–H groups in total. The molecule has 0 aromatic heterocycles. The molecule has 0 bridgehead atoms. The first kappa shape index (κ1) is 15.5. The van der Waals surface area contributed by atoms with Gasteiger partial charge in [-0.2, -0.15) is 0 Å². The number of carbonyl (C=O) groups excluding carboxylic acids is 2. The van der Waals surface area contributed by atoms with Crippen molar-refractivity contribution in [1.82, 2.24) is 10.2 Å². The Morgan fingerprint density at radius 1 is 1.29 bits per heavy atom. The Morgan fingerprint density at radius 3 is 2.57 bits per heavy atom. The standard InChI is InChI=1S/C17H24N2O2/c1-12(20)19-10-9-13-7-5-6-8-14(13)15(19)11-16(21)18-17(2,3)4/h5-8,15H,9-11H2,1-4H3,(H,18,21). The van der Waals surface area contributed by atoms with E-state index in [2.05, 4.69) is 11.4 Å². The van der Waals surface area contributed by atoms with Crippen LogP contribution >= 0.6 is 0 Å². The van der Waals surface area contributed by atoms with Crippen molar-refractivity contribution in [3.63, 3.8) is 0 Å². The van der Waals surface area contributed by atoms with Crippen LogP contribution in [0.1, 0.15) is 51.3 Å². The van der Waals surface area contributed by atoms with Crippen molar-refractivity contribution in [2.45, 2.75) is 52.1 Å². The Bertz CT molecular complexity index is 546. The zero-order valence-electron chi connectivity index (χ0n) is 13.3. The molecular formula is C17H24N2O2. The maximum Gasteiger partial charge on any atom is 0.222 e. The molecule has 1 unspecified atom stereocenters. The van der Waals surface area contributed by atoms with Crippen molar-refractivity contribution in [2.24, 2.45) is 0 Å². The summed E-state index contributed by atoms with van der Waals surface area (Å²) < 4.78 is 0. The number of carbonyl (C=O) groups is 2. The van der Waals surface area contributed by atoms with Gasteiger partial charge in [0.15, 0.2) is 0 Å². The predicted molar refractivity (Wildman–Crippen MR) is 82.8 cm³/mol. The van der Waals surface area contributed by atoms with Crippen LogP contribution in [0.4, 0.5) is 0 Å². The molecule has 2 amide bonds. The van der Waals surface area contributed by atoms with E-state index in [1.54, 1.807) is 6.92 Å². The third-order valence-electron chi connectivity index (χ3n) is 3.71. The Labute approximate surface area is 126 Å². The van der Waals surface area contributed by atoms with Gasteiger partial charge in [-0.15, -0.1) is 0 Å². The van der Waals surface area contributed by atoms with E-state index < -0.39 is 0 Å². The Kier molecular flexibility index (Phi) is 4.35. The molecule has 2 rings (SSSR count). The molecule has 0 fully saturated rings. The van der Waals surface area contributed by atoms with Crippen LogP contribution < -0.4 is 5.32 Å². The van der Waals surface area contributed by atoms with E-state index in [9.17, 15) is 9.59 Å². The molecule has 1 aliphatic rings. The summed E-state index contributed by atoms with van der Waals surface area (Å²) in [5, 5.41) is 2.98. The van der Waals surface area contributed by atoms with Gasteiger partial charge < -0.3 is 10.2 Å². The molecule has 0 saturated carbocycles. The highest BCUT2D eigenvalue weighted by atomic mass is 16.2. The average Bonchev–Trinajstić information content (AvgIpc) is 2.36. The number of fused-ring (bicyclic) bond motifs is 1. The van der Waals surface area contributed by atoms with E-state index in [0.29, 0.717) is 13.0 Å². The minimum Gasteiger partial charge on any atom is -0.351 e. The Hall–Kier alpha value is -1.84. The van der Waals surface area contributed by atoms with Crippen LogP contribution in [0.3, 0.4) is 0 Å². The fraction of sp³-hybridized carbons (Fsp3) is 0.529. The highest BCUT2D eigenvalue weighted by Gasteiger charge is 2.31. The lowest BCUT2D eigenvalue weighted by atomic mass is 9.90. The molecule has 0 spiro atoms. The van der Waals surface area contributed by atoms with Crippen LogP contribution in [-0.2, 0) is 16.0 Å². The van der Waals surface area contributed by atoms with E-state index >= 15 is 0 Å². The van der Waals surface area contributed by atoms with Crippen LogP contribution in [0.15, 0.2) is 24.3 Å². The smallest absolute Gasteiger partial charge is 0.222 e. The summed E-state index contributed by atoms with van der Waals surface area (Å²) in [5.74, 6) is 0.00788. The molecule has 4 heteroatoms. The zero-order chi connectivity index (χ0) is 15.6. The van der Waals surface area contributed by atoms with Crippen LogP contribution in [0.25, 0.3) is 0 Å². The SMILES string of the molecule is CC(=O)N1CCc2ccccc2C1CC(=O)NC(C)(C)C. The first-order valence-electron chi connectivity index (χ1n) is 7.44. The fourth-order valence-corrected chi connectivity index (χ4v) is 2.89.